The fourth-order valence-electron chi connectivity index (χ4n) is 5.70. The molecule has 1 aliphatic carbocycles. The van der Waals surface area contributed by atoms with Crippen molar-refractivity contribution in [2.24, 2.45) is 11.7 Å². The van der Waals surface area contributed by atoms with Gasteiger partial charge in [-0.05, 0) is 68.0 Å². The quantitative estimate of drug-likeness (QED) is 0.278. The molecule has 41 heavy (non-hydrogen) atoms. The van der Waals surface area contributed by atoms with Crippen LogP contribution in [0.4, 0.5) is 5.69 Å². The molecule has 2 aromatic heterocycles. The lowest BCUT2D eigenvalue weighted by Crippen LogP contribution is -2.46. The number of Topliss-reactive ketones (excluding diaryl/α,β-unsaturated/α-hetero) is 1. The lowest BCUT2D eigenvalue weighted by Gasteiger charge is -2.44. The normalized spacial score (nSPS) is 20.6. The van der Waals surface area contributed by atoms with E-state index in [0.717, 1.165) is 10.4 Å². The molecule has 3 aromatic rings. The maximum atomic E-state index is 14.7. The molecule has 0 saturated heterocycles. The van der Waals surface area contributed by atoms with Gasteiger partial charge in [-0.3, -0.25) is 19.5 Å². The monoisotopic (exact) mass is 591 g/mol. The Balaban J connectivity index is 1.84. The number of pyridine rings is 1. The molecular formula is C31H30ClN3O5S. The first-order valence-corrected chi connectivity index (χ1v) is 14.6. The first-order chi connectivity index (χ1) is 19.8. The van der Waals surface area contributed by atoms with Crippen LogP contribution in [0, 0.1) is 12.8 Å². The third-order valence-corrected chi connectivity index (χ3v) is 8.89. The number of carbonyl (C=O) groups is 3. The van der Waals surface area contributed by atoms with E-state index in [4.69, 9.17) is 26.8 Å². The second kappa shape index (κ2) is 11.9. The number of aromatic nitrogens is 1. The second-order valence-corrected chi connectivity index (χ2v) is 11.1. The Morgan fingerprint density at radius 2 is 1.90 bits per heavy atom. The molecule has 1 aromatic carbocycles. The Labute approximate surface area is 247 Å². The van der Waals surface area contributed by atoms with Crippen molar-refractivity contribution < 1.29 is 23.9 Å². The van der Waals surface area contributed by atoms with Gasteiger partial charge in [0, 0.05) is 39.5 Å². The molecule has 0 spiro atoms. The summed E-state index contributed by atoms with van der Waals surface area (Å²) in [7, 11) is 0. The number of ketones is 1. The molecule has 3 atom stereocenters. The van der Waals surface area contributed by atoms with E-state index >= 15 is 0 Å². The first kappa shape index (κ1) is 28.6. The number of carbonyl (C=O) groups excluding carboxylic acids is 3. The van der Waals surface area contributed by atoms with Gasteiger partial charge in [-0.25, -0.2) is 4.79 Å². The molecule has 1 aliphatic heterocycles. The number of allylic oxidation sites excluding steroid dienone is 2. The van der Waals surface area contributed by atoms with Crippen molar-refractivity contribution >= 4 is 46.3 Å². The number of benzene rings is 1. The topological polar surface area (TPSA) is 112 Å². The maximum Gasteiger partial charge on any atom is 0.338 e. The van der Waals surface area contributed by atoms with Crippen LogP contribution in [0.5, 0.6) is 0 Å². The van der Waals surface area contributed by atoms with Gasteiger partial charge in [0.15, 0.2) is 5.78 Å². The predicted molar refractivity (Wildman–Crippen MR) is 157 cm³/mol. The van der Waals surface area contributed by atoms with E-state index in [-0.39, 0.29) is 24.6 Å². The molecule has 0 amide bonds. The first-order valence-electron chi connectivity index (χ1n) is 13.4. The van der Waals surface area contributed by atoms with Crippen LogP contribution in [-0.2, 0) is 23.9 Å². The summed E-state index contributed by atoms with van der Waals surface area (Å²) in [6.07, 6.45) is 3.50. The third kappa shape index (κ3) is 5.04. The van der Waals surface area contributed by atoms with E-state index in [1.54, 1.807) is 55.4 Å². The Morgan fingerprint density at radius 1 is 1.12 bits per heavy atom. The molecule has 5 rings (SSSR count). The number of hydrogen-bond donors (Lipinski definition) is 1. The number of nitrogens with zero attached hydrogens (tertiary/aromatic N) is 2. The number of hydrogen-bond acceptors (Lipinski definition) is 9. The van der Waals surface area contributed by atoms with E-state index in [1.165, 1.54) is 11.3 Å². The molecule has 8 nitrogen and oxygen atoms in total. The Kier molecular flexibility index (Phi) is 8.28. The average Bonchev–Trinajstić information content (AvgIpc) is 3.50. The molecule has 0 bridgehead atoms. The predicted octanol–water partition coefficient (Wildman–Crippen LogP) is 5.63. The van der Waals surface area contributed by atoms with Crippen molar-refractivity contribution in [1.29, 1.82) is 0 Å². The van der Waals surface area contributed by atoms with E-state index < -0.39 is 35.5 Å². The van der Waals surface area contributed by atoms with Crippen LogP contribution in [0.2, 0.25) is 5.02 Å². The number of thiophene rings is 1. The van der Waals surface area contributed by atoms with Gasteiger partial charge in [0.05, 0.1) is 30.4 Å². The van der Waals surface area contributed by atoms with E-state index in [1.807, 2.05) is 30.5 Å². The number of esters is 2. The second-order valence-electron chi connectivity index (χ2n) is 9.74. The van der Waals surface area contributed by atoms with Crippen LogP contribution >= 0.6 is 22.9 Å². The van der Waals surface area contributed by atoms with E-state index in [0.29, 0.717) is 34.0 Å². The van der Waals surface area contributed by atoms with Gasteiger partial charge in [-0.2, -0.15) is 0 Å². The van der Waals surface area contributed by atoms with Crippen molar-refractivity contribution in [3.05, 3.63) is 104 Å². The number of rotatable bonds is 7. The van der Waals surface area contributed by atoms with Gasteiger partial charge in [-0.1, -0.05) is 29.8 Å². The Morgan fingerprint density at radius 3 is 2.56 bits per heavy atom. The lowest BCUT2D eigenvalue weighted by atomic mass is 9.68. The number of anilines is 1. The third-order valence-electron chi connectivity index (χ3n) is 7.48. The molecule has 10 heteroatoms. The summed E-state index contributed by atoms with van der Waals surface area (Å²) >= 11 is 8.01. The van der Waals surface area contributed by atoms with Crippen molar-refractivity contribution in [1.82, 2.24) is 4.98 Å². The number of nitrogens with two attached hydrogens (primary N) is 1. The lowest BCUT2D eigenvalue weighted by molar-refractivity contribution is -0.152. The molecule has 212 valence electrons. The van der Waals surface area contributed by atoms with Crippen LogP contribution in [-0.4, -0.2) is 35.9 Å². The highest BCUT2D eigenvalue weighted by molar-refractivity contribution is 7.10. The summed E-state index contributed by atoms with van der Waals surface area (Å²) in [6, 6.07) is 12.7. The smallest absolute Gasteiger partial charge is 0.338 e. The van der Waals surface area contributed by atoms with Gasteiger partial charge in [0.2, 0.25) is 0 Å². The summed E-state index contributed by atoms with van der Waals surface area (Å²) in [6.45, 7) is 5.50. The van der Waals surface area contributed by atoms with Crippen LogP contribution in [0.15, 0.2) is 82.9 Å². The highest BCUT2D eigenvalue weighted by Crippen LogP contribution is 2.52. The zero-order valence-corrected chi connectivity index (χ0v) is 24.5. The average molecular weight is 592 g/mol. The zero-order valence-electron chi connectivity index (χ0n) is 22.9. The van der Waals surface area contributed by atoms with Crippen molar-refractivity contribution in [3.63, 3.8) is 0 Å². The highest BCUT2D eigenvalue weighted by atomic mass is 35.5. The summed E-state index contributed by atoms with van der Waals surface area (Å²) in [5, 5.41) is 2.42. The van der Waals surface area contributed by atoms with Crippen molar-refractivity contribution in [2.45, 2.75) is 39.0 Å². The molecule has 2 aliphatic rings. The van der Waals surface area contributed by atoms with Crippen LogP contribution < -0.4 is 10.6 Å². The van der Waals surface area contributed by atoms with Crippen molar-refractivity contribution in [3.8, 4) is 0 Å². The van der Waals surface area contributed by atoms with Crippen molar-refractivity contribution in [2.75, 3.05) is 18.1 Å². The zero-order chi connectivity index (χ0) is 29.3. The molecule has 0 radical (unpaired) electrons. The number of ether oxygens (including phenoxy) is 2. The van der Waals surface area contributed by atoms with Gasteiger partial charge in [0.25, 0.3) is 0 Å². The Hall–Kier alpha value is -3.95. The molecule has 2 N–H and O–H groups in total. The molecule has 0 saturated carbocycles. The van der Waals surface area contributed by atoms with Gasteiger partial charge < -0.3 is 15.2 Å². The fraction of sp³-hybridized carbons (Fsp3) is 0.290. The summed E-state index contributed by atoms with van der Waals surface area (Å²) in [4.78, 5) is 48.6. The molecular weight excluding hydrogens is 562 g/mol. The fourth-order valence-corrected chi connectivity index (χ4v) is 6.74. The molecule has 3 heterocycles. The van der Waals surface area contributed by atoms with Crippen LogP contribution in [0.3, 0.4) is 0 Å². The largest absolute Gasteiger partial charge is 0.465 e. The minimum atomic E-state index is -1.10. The van der Waals surface area contributed by atoms with Crippen LogP contribution in [0.1, 0.15) is 48.1 Å². The van der Waals surface area contributed by atoms with Crippen LogP contribution in [0.25, 0.3) is 0 Å². The minimum absolute atomic E-state index is 0.100. The summed E-state index contributed by atoms with van der Waals surface area (Å²) in [5.74, 6) is -4.04. The molecule has 0 unspecified atom stereocenters. The minimum Gasteiger partial charge on any atom is -0.465 e. The maximum absolute atomic E-state index is 14.7. The van der Waals surface area contributed by atoms with E-state index in [2.05, 4.69) is 4.98 Å². The molecule has 0 fully saturated rings. The highest BCUT2D eigenvalue weighted by Gasteiger charge is 2.51. The number of halogens is 1. The van der Waals surface area contributed by atoms with Gasteiger partial charge in [-0.15, -0.1) is 11.3 Å². The van der Waals surface area contributed by atoms with Gasteiger partial charge in [0.1, 0.15) is 11.7 Å². The standard InChI is InChI=1S/C31H30ClN3O5S/c1-4-39-30(37)25-19(23-12-8-14-41-23)15-22-26(28(25)36)24(18-9-7-13-34-16-18)27(31(38)40-5-2)29(33)35(22)21-11-6-10-20(32)17(21)3/h6-14,16,19,24-25H,4-5,15,33H2,1-3H3/t19-,24+,25-/m1/s1. The van der Waals surface area contributed by atoms with E-state index in [9.17, 15) is 14.4 Å². The van der Waals surface area contributed by atoms with Gasteiger partial charge >= 0.3 is 11.9 Å². The SMILES string of the molecule is CCOC(=O)C1=C(N)N(c2cccc(Cl)c2C)C2=C(C(=O)[C@H](C(=O)OCC)[C@@H](c3cccs3)C2)[C@@H]1c1cccnc1. The Bertz CT molecular complexity index is 1550. The summed E-state index contributed by atoms with van der Waals surface area (Å²) < 4.78 is 10.9. The summed E-state index contributed by atoms with van der Waals surface area (Å²) in [5.41, 5.74) is 9.82.